The van der Waals surface area contributed by atoms with Gasteiger partial charge in [-0.05, 0) is 75.3 Å². The van der Waals surface area contributed by atoms with Crippen LogP contribution in [0.2, 0.25) is 0 Å². The van der Waals surface area contributed by atoms with Crippen LogP contribution < -0.4 is 10.6 Å². The van der Waals surface area contributed by atoms with Gasteiger partial charge in [-0.2, -0.15) is 0 Å². The van der Waals surface area contributed by atoms with Crippen LogP contribution in [0.5, 0.6) is 0 Å². The zero-order valence-corrected chi connectivity index (χ0v) is 22.9. The standard InChI is InChI=1S/C31H44N4O2/c1-5-7-8-9-10-11-20-32-30(36)25-17-19-27-28(21-25)35-29(34-27)23(4)14-18-26(6-2)33-31(37)24-15-12-22(3)13-16-24/h6,14,17-19,21-22,24H,4-5,7-13,15-16,20H2,1-3H3,(H,32,36)(H,33,37)(H,34,35)/b18-14-,26-6+. The smallest absolute Gasteiger partial charge is 0.251 e. The summed E-state index contributed by atoms with van der Waals surface area (Å²) in [6, 6.07) is 5.50. The number of benzene rings is 1. The number of allylic oxidation sites excluding steroid dienone is 4. The molecule has 1 heterocycles. The van der Waals surface area contributed by atoms with Crippen molar-refractivity contribution in [3.05, 3.63) is 60.1 Å². The molecule has 0 aliphatic heterocycles. The number of nitrogens with zero attached hydrogens (tertiary/aromatic N) is 1. The van der Waals surface area contributed by atoms with Gasteiger partial charge in [-0.1, -0.05) is 58.6 Å². The number of hydrogen-bond acceptors (Lipinski definition) is 3. The molecule has 37 heavy (non-hydrogen) atoms. The summed E-state index contributed by atoms with van der Waals surface area (Å²) in [5, 5.41) is 6.08. The Bertz CT molecular complexity index is 1120. The lowest BCUT2D eigenvalue weighted by Gasteiger charge is -2.25. The molecule has 0 saturated heterocycles. The maximum Gasteiger partial charge on any atom is 0.251 e. The molecule has 1 aliphatic rings. The lowest BCUT2D eigenvalue weighted by Crippen LogP contribution is -2.32. The number of aromatic amines is 1. The van der Waals surface area contributed by atoms with E-state index in [1.807, 2.05) is 43.4 Å². The van der Waals surface area contributed by atoms with E-state index in [4.69, 9.17) is 0 Å². The highest BCUT2D eigenvalue weighted by Crippen LogP contribution is 2.28. The van der Waals surface area contributed by atoms with Crippen molar-refractivity contribution < 1.29 is 9.59 Å². The predicted octanol–water partition coefficient (Wildman–Crippen LogP) is 7.07. The molecule has 6 heteroatoms. The van der Waals surface area contributed by atoms with E-state index in [0.717, 1.165) is 55.3 Å². The van der Waals surface area contributed by atoms with Gasteiger partial charge in [-0.15, -0.1) is 0 Å². The molecule has 1 aromatic heterocycles. The van der Waals surface area contributed by atoms with Gasteiger partial charge in [0, 0.05) is 29.3 Å². The highest BCUT2D eigenvalue weighted by molar-refractivity contribution is 5.97. The normalized spacial score (nSPS) is 18.3. The van der Waals surface area contributed by atoms with Gasteiger partial charge in [0.15, 0.2) is 0 Å². The molecule has 2 aromatic rings. The molecule has 0 spiro atoms. The van der Waals surface area contributed by atoms with Crippen molar-refractivity contribution in [2.75, 3.05) is 6.54 Å². The molecule has 0 bridgehead atoms. The third kappa shape index (κ3) is 8.73. The van der Waals surface area contributed by atoms with Crippen LogP contribution in [-0.4, -0.2) is 28.3 Å². The number of hydrogen-bond donors (Lipinski definition) is 3. The summed E-state index contributed by atoms with van der Waals surface area (Å²) < 4.78 is 0. The van der Waals surface area contributed by atoms with E-state index in [1.54, 1.807) is 0 Å². The number of unbranched alkanes of at least 4 members (excludes halogenated alkanes) is 5. The summed E-state index contributed by atoms with van der Waals surface area (Å²) in [5.74, 6) is 1.48. The second kappa shape index (κ2) is 14.6. The van der Waals surface area contributed by atoms with Crippen molar-refractivity contribution in [2.45, 2.75) is 85.0 Å². The minimum absolute atomic E-state index is 0.0637. The number of nitrogens with one attached hydrogen (secondary N) is 3. The number of aromatic nitrogens is 2. The van der Waals surface area contributed by atoms with Crippen LogP contribution in [0, 0.1) is 11.8 Å². The number of imidazole rings is 1. The first-order valence-electron chi connectivity index (χ1n) is 14.0. The number of carbonyl (C=O) groups excluding carboxylic acids is 2. The third-order valence-electron chi connectivity index (χ3n) is 7.29. The highest BCUT2D eigenvalue weighted by atomic mass is 16.2. The van der Waals surface area contributed by atoms with Crippen LogP contribution >= 0.6 is 0 Å². The summed E-state index contributed by atoms with van der Waals surface area (Å²) in [6.45, 7) is 11.2. The number of H-pyrrole nitrogens is 1. The minimum atomic E-state index is -0.0637. The van der Waals surface area contributed by atoms with Crippen molar-refractivity contribution in [3.8, 4) is 0 Å². The maximum absolute atomic E-state index is 12.7. The van der Waals surface area contributed by atoms with Gasteiger partial charge >= 0.3 is 0 Å². The van der Waals surface area contributed by atoms with Crippen LogP contribution in [0.4, 0.5) is 0 Å². The van der Waals surface area contributed by atoms with Crippen molar-refractivity contribution in [1.82, 2.24) is 20.6 Å². The molecular formula is C31H44N4O2. The van der Waals surface area contributed by atoms with E-state index in [1.165, 1.54) is 25.7 Å². The molecule has 1 saturated carbocycles. The molecule has 3 N–H and O–H groups in total. The Morgan fingerprint density at radius 3 is 2.54 bits per heavy atom. The van der Waals surface area contributed by atoms with E-state index in [9.17, 15) is 9.59 Å². The first-order chi connectivity index (χ1) is 17.9. The summed E-state index contributed by atoms with van der Waals surface area (Å²) in [5.41, 5.74) is 3.65. The Labute approximate surface area is 222 Å². The Hall–Kier alpha value is -3.15. The van der Waals surface area contributed by atoms with Crippen molar-refractivity contribution in [2.24, 2.45) is 11.8 Å². The van der Waals surface area contributed by atoms with Crippen LogP contribution in [0.3, 0.4) is 0 Å². The maximum atomic E-state index is 12.7. The van der Waals surface area contributed by atoms with Gasteiger partial charge < -0.3 is 15.6 Å². The quantitative estimate of drug-likeness (QED) is 0.201. The zero-order valence-electron chi connectivity index (χ0n) is 22.9. The topological polar surface area (TPSA) is 86.9 Å². The second-order valence-electron chi connectivity index (χ2n) is 10.4. The number of fused-ring (bicyclic) bond motifs is 1. The molecule has 6 nitrogen and oxygen atoms in total. The van der Waals surface area contributed by atoms with Crippen LogP contribution in [-0.2, 0) is 4.79 Å². The fraction of sp³-hybridized carbons (Fsp3) is 0.516. The zero-order chi connectivity index (χ0) is 26.6. The van der Waals surface area contributed by atoms with Crippen LogP contribution in [0.1, 0.15) is 101 Å². The fourth-order valence-corrected chi connectivity index (χ4v) is 4.76. The molecule has 0 atom stereocenters. The van der Waals surface area contributed by atoms with E-state index >= 15 is 0 Å². The average molecular weight is 505 g/mol. The largest absolute Gasteiger partial charge is 0.352 e. The summed E-state index contributed by atoms with van der Waals surface area (Å²) >= 11 is 0. The molecule has 3 rings (SSSR count). The average Bonchev–Trinajstić information content (AvgIpc) is 3.34. The first-order valence-corrected chi connectivity index (χ1v) is 14.0. The van der Waals surface area contributed by atoms with Crippen molar-refractivity contribution in [3.63, 3.8) is 0 Å². The van der Waals surface area contributed by atoms with E-state index in [-0.39, 0.29) is 17.7 Å². The van der Waals surface area contributed by atoms with E-state index < -0.39 is 0 Å². The van der Waals surface area contributed by atoms with Crippen molar-refractivity contribution in [1.29, 1.82) is 0 Å². The molecule has 200 valence electrons. The summed E-state index contributed by atoms with van der Waals surface area (Å²) in [6.07, 6.45) is 16.9. The first kappa shape index (κ1) is 28.4. The highest BCUT2D eigenvalue weighted by Gasteiger charge is 2.24. The van der Waals surface area contributed by atoms with Gasteiger partial charge in [0.05, 0.1) is 11.0 Å². The predicted molar refractivity (Wildman–Crippen MR) is 153 cm³/mol. The molecule has 0 unspecified atom stereocenters. The summed E-state index contributed by atoms with van der Waals surface area (Å²) in [7, 11) is 0. The van der Waals surface area contributed by atoms with Gasteiger partial charge in [-0.25, -0.2) is 4.98 Å². The molecule has 1 fully saturated rings. The van der Waals surface area contributed by atoms with Gasteiger partial charge in [0.25, 0.3) is 5.91 Å². The Kier molecular flexibility index (Phi) is 11.2. The van der Waals surface area contributed by atoms with Gasteiger partial charge in [-0.3, -0.25) is 9.59 Å². The second-order valence-corrected chi connectivity index (χ2v) is 10.4. The molecule has 1 aliphatic carbocycles. The van der Waals surface area contributed by atoms with E-state index in [2.05, 4.69) is 41.0 Å². The molecule has 1 aromatic carbocycles. The Morgan fingerprint density at radius 1 is 1.08 bits per heavy atom. The SMILES string of the molecule is C=C(/C=C\C(=C/C)NC(=O)C1CCC(C)CC1)c1nc2ccc(C(=O)NCCCCCCCC)cc2[nH]1. The lowest BCUT2D eigenvalue weighted by molar-refractivity contribution is -0.125. The fourth-order valence-electron chi connectivity index (χ4n) is 4.76. The minimum Gasteiger partial charge on any atom is -0.352 e. The monoisotopic (exact) mass is 504 g/mol. The molecule has 0 radical (unpaired) electrons. The lowest BCUT2D eigenvalue weighted by atomic mass is 9.82. The summed E-state index contributed by atoms with van der Waals surface area (Å²) in [4.78, 5) is 33.1. The number of amides is 2. The van der Waals surface area contributed by atoms with Crippen molar-refractivity contribution >= 4 is 28.4 Å². The third-order valence-corrected chi connectivity index (χ3v) is 7.29. The Morgan fingerprint density at radius 2 is 1.81 bits per heavy atom. The Balaban J connectivity index is 1.53. The van der Waals surface area contributed by atoms with E-state index in [0.29, 0.717) is 29.4 Å². The molecule has 2 amide bonds. The number of carbonyl (C=O) groups is 2. The van der Waals surface area contributed by atoms with Gasteiger partial charge in [0.1, 0.15) is 5.82 Å². The van der Waals surface area contributed by atoms with Crippen LogP contribution in [0.25, 0.3) is 16.6 Å². The molecular weight excluding hydrogens is 460 g/mol. The van der Waals surface area contributed by atoms with Gasteiger partial charge in [0.2, 0.25) is 5.91 Å². The number of rotatable bonds is 13. The van der Waals surface area contributed by atoms with Crippen LogP contribution in [0.15, 0.2) is 48.7 Å².